The Hall–Kier alpha value is -5.02. The van der Waals surface area contributed by atoms with Crippen LogP contribution in [0.1, 0.15) is 24.0 Å². The molecule has 3 nitrogen and oxygen atoms in total. The molecule has 0 saturated carbocycles. The third-order valence-corrected chi connectivity index (χ3v) is 8.50. The minimum absolute atomic E-state index is 0.205. The second-order valence-electron chi connectivity index (χ2n) is 10.6. The number of rotatable bonds is 2. The zero-order chi connectivity index (χ0) is 25.7. The summed E-state index contributed by atoms with van der Waals surface area (Å²) in [6.07, 6.45) is 0. The molecule has 2 heterocycles. The highest BCUT2D eigenvalue weighted by atomic mass is 16.5. The van der Waals surface area contributed by atoms with E-state index >= 15 is 0 Å². The average Bonchev–Trinajstić information content (AvgIpc) is 3.30. The van der Waals surface area contributed by atoms with Crippen LogP contribution in [0.4, 0.5) is 0 Å². The minimum atomic E-state index is 0.205. The van der Waals surface area contributed by atoms with Gasteiger partial charge in [0.2, 0.25) is 0 Å². The van der Waals surface area contributed by atoms with Crippen molar-refractivity contribution in [2.75, 3.05) is 0 Å². The molecule has 0 bridgehead atoms. The Morgan fingerprint density at radius 2 is 1.44 bits per heavy atom. The number of nitrogens with zero attached hydrogens (tertiary/aromatic N) is 2. The molecule has 7 aromatic rings. The molecule has 6 aromatic carbocycles. The van der Waals surface area contributed by atoms with Crippen LogP contribution in [-0.4, -0.2) is 9.97 Å². The maximum absolute atomic E-state index is 6.48. The number of hydrogen-bond acceptors (Lipinski definition) is 3. The summed E-state index contributed by atoms with van der Waals surface area (Å²) >= 11 is 0. The van der Waals surface area contributed by atoms with Crippen molar-refractivity contribution in [3.8, 4) is 45.3 Å². The maximum atomic E-state index is 6.48. The Bertz CT molecular complexity index is 2160. The smallest absolute Gasteiger partial charge is 0.160 e. The summed E-state index contributed by atoms with van der Waals surface area (Å²) < 4.78 is 6.48. The van der Waals surface area contributed by atoms with Gasteiger partial charge in [-0.1, -0.05) is 91.9 Å². The Morgan fingerprint density at radius 1 is 0.615 bits per heavy atom. The SMILES string of the molecule is C[C@@H]1c2ccc3cccc4c3c2-c2c(ccc(-c3nc(-c5ccccc5)c5ccc6ccccc6c5n3)c21)O4. The molecule has 0 amide bonds. The third kappa shape index (κ3) is 2.77. The van der Waals surface area contributed by atoms with Crippen LogP contribution in [0.25, 0.3) is 66.2 Å². The van der Waals surface area contributed by atoms with E-state index in [9.17, 15) is 0 Å². The highest BCUT2D eigenvalue weighted by Gasteiger charge is 2.36. The molecule has 1 aliphatic heterocycles. The fourth-order valence-corrected chi connectivity index (χ4v) is 6.74. The van der Waals surface area contributed by atoms with E-state index in [1.165, 1.54) is 38.4 Å². The largest absolute Gasteiger partial charge is 0.456 e. The van der Waals surface area contributed by atoms with Gasteiger partial charge in [-0.05, 0) is 46.2 Å². The molecule has 39 heavy (non-hydrogen) atoms. The molecule has 9 rings (SSSR count). The van der Waals surface area contributed by atoms with Crippen molar-refractivity contribution in [2.24, 2.45) is 0 Å². The Kier molecular flexibility index (Phi) is 4.04. The van der Waals surface area contributed by atoms with E-state index in [1.807, 2.05) is 6.07 Å². The molecule has 0 saturated heterocycles. The van der Waals surface area contributed by atoms with Gasteiger partial charge in [0.1, 0.15) is 11.5 Å². The molecule has 0 fully saturated rings. The Morgan fingerprint density at radius 3 is 2.36 bits per heavy atom. The molecular weight excluding hydrogens is 476 g/mol. The number of aromatic nitrogens is 2. The second kappa shape index (κ2) is 7.52. The number of ether oxygens (including phenoxy) is 1. The summed E-state index contributed by atoms with van der Waals surface area (Å²) in [4.78, 5) is 10.6. The van der Waals surface area contributed by atoms with Crippen molar-refractivity contribution < 1.29 is 4.74 Å². The van der Waals surface area contributed by atoms with Crippen molar-refractivity contribution >= 4 is 32.4 Å². The van der Waals surface area contributed by atoms with E-state index in [2.05, 4.69) is 110 Å². The molecule has 182 valence electrons. The molecule has 0 N–H and O–H groups in total. The van der Waals surface area contributed by atoms with Crippen LogP contribution < -0.4 is 4.74 Å². The van der Waals surface area contributed by atoms with Gasteiger partial charge >= 0.3 is 0 Å². The van der Waals surface area contributed by atoms with E-state index in [4.69, 9.17) is 14.7 Å². The van der Waals surface area contributed by atoms with Crippen LogP contribution in [0.2, 0.25) is 0 Å². The summed E-state index contributed by atoms with van der Waals surface area (Å²) in [7, 11) is 0. The summed E-state index contributed by atoms with van der Waals surface area (Å²) in [5, 5.41) is 5.80. The van der Waals surface area contributed by atoms with Crippen molar-refractivity contribution in [2.45, 2.75) is 12.8 Å². The van der Waals surface area contributed by atoms with Crippen molar-refractivity contribution in [3.63, 3.8) is 0 Å². The summed E-state index contributed by atoms with van der Waals surface area (Å²) in [6.45, 7) is 2.30. The lowest BCUT2D eigenvalue weighted by Crippen LogP contribution is -2.01. The van der Waals surface area contributed by atoms with Crippen LogP contribution in [-0.2, 0) is 0 Å². The summed E-state index contributed by atoms with van der Waals surface area (Å²) in [5.74, 6) is 2.81. The predicted molar refractivity (Wildman–Crippen MR) is 158 cm³/mol. The maximum Gasteiger partial charge on any atom is 0.160 e. The first-order valence-corrected chi connectivity index (χ1v) is 13.4. The molecule has 2 aliphatic rings. The van der Waals surface area contributed by atoms with Crippen molar-refractivity contribution in [1.29, 1.82) is 0 Å². The lowest BCUT2D eigenvalue weighted by molar-refractivity contribution is 0.487. The molecule has 1 atom stereocenters. The van der Waals surface area contributed by atoms with Gasteiger partial charge in [0.15, 0.2) is 5.82 Å². The first kappa shape index (κ1) is 21.0. The Labute approximate surface area is 225 Å². The molecule has 0 unspecified atom stereocenters. The van der Waals surface area contributed by atoms with Crippen molar-refractivity contribution in [3.05, 3.63) is 120 Å². The van der Waals surface area contributed by atoms with Gasteiger partial charge in [0.25, 0.3) is 0 Å². The van der Waals surface area contributed by atoms with Gasteiger partial charge in [0.05, 0.1) is 11.2 Å². The summed E-state index contributed by atoms with van der Waals surface area (Å²) in [5.41, 5.74) is 9.20. The first-order valence-electron chi connectivity index (χ1n) is 13.4. The lowest BCUT2D eigenvalue weighted by Gasteiger charge is -2.21. The molecule has 1 aliphatic carbocycles. The van der Waals surface area contributed by atoms with Gasteiger partial charge in [-0.25, -0.2) is 9.97 Å². The van der Waals surface area contributed by atoms with Gasteiger partial charge < -0.3 is 4.74 Å². The first-order chi connectivity index (χ1) is 19.3. The minimum Gasteiger partial charge on any atom is -0.456 e. The van der Waals surface area contributed by atoms with Crippen LogP contribution in [0.5, 0.6) is 11.5 Å². The molecular formula is C36H22N2O. The monoisotopic (exact) mass is 498 g/mol. The van der Waals surface area contributed by atoms with Gasteiger partial charge in [-0.15, -0.1) is 0 Å². The standard InChI is InChI=1S/C36H22N2O/c1-20-24-16-15-22-11-7-13-28-31(22)32(24)33-29(39-28)19-18-26(30(20)33)36-37-34(23-9-3-2-4-10-23)27-17-14-21-8-5-6-12-25(21)35(27)38-36/h2-20H,1H3/t20-/m1/s1. The van der Waals surface area contributed by atoms with Crippen LogP contribution >= 0.6 is 0 Å². The van der Waals surface area contributed by atoms with E-state index in [-0.39, 0.29) is 5.92 Å². The van der Waals surface area contributed by atoms with E-state index < -0.39 is 0 Å². The second-order valence-corrected chi connectivity index (χ2v) is 10.6. The molecule has 0 spiro atoms. The normalized spacial score (nSPS) is 14.7. The predicted octanol–water partition coefficient (Wildman–Crippen LogP) is 9.51. The molecule has 0 radical (unpaired) electrons. The van der Waals surface area contributed by atoms with Crippen LogP contribution in [0, 0.1) is 0 Å². The van der Waals surface area contributed by atoms with E-state index in [0.717, 1.165) is 50.4 Å². The number of benzene rings is 6. The topological polar surface area (TPSA) is 35.0 Å². The third-order valence-electron chi connectivity index (χ3n) is 8.50. The fraction of sp³-hybridized carbons (Fsp3) is 0.0556. The molecule has 1 aromatic heterocycles. The highest BCUT2D eigenvalue weighted by Crippen LogP contribution is 2.59. The van der Waals surface area contributed by atoms with Crippen LogP contribution in [0.3, 0.4) is 0 Å². The van der Waals surface area contributed by atoms with Gasteiger partial charge in [0, 0.05) is 44.3 Å². The quantitative estimate of drug-likeness (QED) is 0.223. The van der Waals surface area contributed by atoms with E-state index in [0.29, 0.717) is 0 Å². The van der Waals surface area contributed by atoms with Gasteiger partial charge in [-0.3, -0.25) is 0 Å². The van der Waals surface area contributed by atoms with Crippen LogP contribution in [0.15, 0.2) is 109 Å². The fourth-order valence-electron chi connectivity index (χ4n) is 6.74. The van der Waals surface area contributed by atoms with Gasteiger partial charge in [-0.2, -0.15) is 0 Å². The van der Waals surface area contributed by atoms with Crippen molar-refractivity contribution in [1.82, 2.24) is 9.97 Å². The zero-order valence-electron chi connectivity index (χ0n) is 21.3. The highest BCUT2D eigenvalue weighted by molar-refractivity contribution is 6.11. The summed E-state index contributed by atoms with van der Waals surface area (Å²) in [6, 6.07) is 38.3. The Balaban J connectivity index is 1.39. The molecule has 3 heteroatoms. The number of hydrogen-bond donors (Lipinski definition) is 0. The average molecular weight is 499 g/mol. The lowest BCUT2D eigenvalue weighted by atomic mass is 9.92. The number of fused-ring (bicyclic) bond motifs is 3. The zero-order valence-corrected chi connectivity index (χ0v) is 21.3. The van der Waals surface area contributed by atoms with E-state index in [1.54, 1.807) is 0 Å².